The highest BCUT2D eigenvalue weighted by Gasteiger charge is 2.92. The second-order valence-corrected chi connectivity index (χ2v) is 7.32. The van der Waals surface area contributed by atoms with Crippen LogP contribution in [0.4, 0.5) is 0 Å². The molecule has 6 unspecified atom stereocenters. The van der Waals surface area contributed by atoms with Crippen LogP contribution in [-0.2, 0) is 0 Å². The predicted octanol–water partition coefficient (Wildman–Crippen LogP) is 4.00. The summed E-state index contributed by atoms with van der Waals surface area (Å²) < 4.78 is 0. The Morgan fingerprint density at radius 3 is 1.93 bits per heavy atom. The third-order valence-corrected chi connectivity index (χ3v) is 7.64. The van der Waals surface area contributed by atoms with E-state index in [0.29, 0.717) is 0 Å². The molecule has 6 aliphatic rings. The zero-order chi connectivity index (χ0) is 9.67. The molecule has 0 radical (unpaired) electrons. The van der Waals surface area contributed by atoms with Crippen molar-refractivity contribution in [2.24, 2.45) is 34.5 Å². The lowest BCUT2D eigenvalue weighted by molar-refractivity contribution is -0.498. The van der Waals surface area contributed by atoms with Gasteiger partial charge >= 0.3 is 0 Å². The van der Waals surface area contributed by atoms with Crippen molar-refractivity contribution in [3.8, 4) is 0 Å². The quantitative estimate of drug-likeness (QED) is 0.557. The first-order chi connectivity index (χ1) is 7.39. The number of rotatable bonds is 0. The Bertz CT molecular complexity index is 319. The Labute approximate surface area is 92.8 Å². The average molecular weight is 202 g/mol. The van der Waals surface area contributed by atoms with E-state index in [1.165, 1.54) is 49.4 Å². The minimum atomic E-state index is 1.02. The van der Waals surface area contributed by atoms with E-state index in [-0.39, 0.29) is 0 Å². The molecule has 6 aliphatic carbocycles. The molecule has 6 saturated carbocycles. The SMILES string of the molecule is C1CC23CC4CC5CC(C12)C543.C1CCC1. The van der Waals surface area contributed by atoms with Crippen molar-refractivity contribution in [2.45, 2.75) is 57.8 Å². The Morgan fingerprint density at radius 1 is 0.800 bits per heavy atom. The van der Waals surface area contributed by atoms with Crippen molar-refractivity contribution in [1.82, 2.24) is 0 Å². The van der Waals surface area contributed by atoms with E-state index in [1.54, 1.807) is 32.1 Å². The summed E-state index contributed by atoms with van der Waals surface area (Å²) >= 11 is 0. The zero-order valence-corrected chi connectivity index (χ0v) is 9.67. The maximum Gasteiger partial charge on any atom is -0.0150 e. The van der Waals surface area contributed by atoms with E-state index in [2.05, 4.69) is 0 Å². The molecule has 0 saturated heterocycles. The fraction of sp³-hybridized carbons (Fsp3) is 1.00. The molecule has 0 aliphatic heterocycles. The number of hydrogen-bond acceptors (Lipinski definition) is 0. The molecular formula is C15H22. The molecule has 0 aromatic rings. The van der Waals surface area contributed by atoms with E-state index in [4.69, 9.17) is 0 Å². The highest BCUT2D eigenvalue weighted by Crippen LogP contribution is 2.99. The van der Waals surface area contributed by atoms with Gasteiger partial charge in [-0.05, 0) is 66.6 Å². The van der Waals surface area contributed by atoms with Gasteiger partial charge in [-0.2, -0.15) is 0 Å². The van der Waals surface area contributed by atoms with Crippen LogP contribution in [0.3, 0.4) is 0 Å². The van der Waals surface area contributed by atoms with Gasteiger partial charge in [0.05, 0.1) is 0 Å². The first kappa shape index (κ1) is 8.14. The van der Waals surface area contributed by atoms with E-state index in [1.807, 2.05) is 0 Å². The van der Waals surface area contributed by atoms with Gasteiger partial charge in [0.1, 0.15) is 0 Å². The summed E-state index contributed by atoms with van der Waals surface area (Å²) in [6.45, 7) is 0. The largest absolute Gasteiger partial charge is 0.0533 e. The van der Waals surface area contributed by atoms with Crippen LogP contribution in [0.1, 0.15) is 57.8 Å². The maximum atomic E-state index is 1.67. The van der Waals surface area contributed by atoms with Crippen LogP contribution in [-0.4, -0.2) is 0 Å². The highest BCUT2D eigenvalue weighted by molar-refractivity contribution is 5.40. The fourth-order valence-corrected chi connectivity index (χ4v) is 6.75. The van der Waals surface area contributed by atoms with Crippen LogP contribution < -0.4 is 0 Å². The molecule has 0 amide bonds. The molecular weight excluding hydrogens is 180 g/mol. The first-order valence-electron chi connectivity index (χ1n) is 7.39. The van der Waals surface area contributed by atoms with Gasteiger partial charge in [-0.1, -0.05) is 25.7 Å². The van der Waals surface area contributed by atoms with Crippen molar-refractivity contribution >= 4 is 0 Å². The molecule has 6 fully saturated rings. The van der Waals surface area contributed by atoms with Crippen LogP contribution in [0.2, 0.25) is 0 Å². The van der Waals surface area contributed by atoms with Crippen LogP contribution in [0.15, 0.2) is 0 Å². The first-order valence-corrected chi connectivity index (χ1v) is 7.39. The summed E-state index contributed by atoms with van der Waals surface area (Å²) in [5, 5.41) is 0. The topological polar surface area (TPSA) is 0 Å². The summed E-state index contributed by atoms with van der Waals surface area (Å²) in [7, 11) is 0. The van der Waals surface area contributed by atoms with Gasteiger partial charge < -0.3 is 0 Å². The maximum absolute atomic E-state index is 1.67. The van der Waals surface area contributed by atoms with Crippen LogP contribution in [0.5, 0.6) is 0 Å². The fourth-order valence-electron chi connectivity index (χ4n) is 6.75. The summed E-state index contributed by atoms with van der Waals surface area (Å²) in [5.41, 5.74) is 2.07. The van der Waals surface area contributed by atoms with Crippen molar-refractivity contribution in [1.29, 1.82) is 0 Å². The molecule has 6 atom stereocenters. The summed E-state index contributed by atoms with van der Waals surface area (Å²) in [6.07, 6.45) is 14.2. The lowest BCUT2D eigenvalue weighted by atomic mass is 9.07. The van der Waals surface area contributed by atoms with Crippen molar-refractivity contribution in [3.63, 3.8) is 0 Å². The Balaban J connectivity index is 0.000000130. The monoisotopic (exact) mass is 202 g/mol. The van der Waals surface area contributed by atoms with Gasteiger partial charge in [-0.25, -0.2) is 0 Å². The van der Waals surface area contributed by atoms with Crippen LogP contribution in [0.25, 0.3) is 0 Å². The Morgan fingerprint density at radius 2 is 1.60 bits per heavy atom. The Hall–Kier alpha value is 0. The van der Waals surface area contributed by atoms with Gasteiger partial charge in [0.15, 0.2) is 0 Å². The zero-order valence-electron chi connectivity index (χ0n) is 9.67. The second kappa shape index (κ2) is 2.17. The second-order valence-electron chi connectivity index (χ2n) is 7.32. The van der Waals surface area contributed by atoms with Crippen LogP contribution in [0, 0.1) is 34.5 Å². The predicted molar refractivity (Wildman–Crippen MR) is 60.4 cm³/mol. The molecule has 0 N–H and O–H groups in total. The minimum Gasteiger partial charge on any atom is -0.0533 e. The average Bonchev–Trinajstić information content (AvgIpc) is 2.00. The Kier molecular flexibility index (Phi) is 1.18. The molecule has 15 heavy (non-hydrogen) atoms. The molecule has 0 aromatic carbocycles. The van der Waals surface area contributed by atoms with Crippen LogP contribution >= 0.6 is 0 Å². The van der Waals surface area contributed by atoms with Crippen molar-refractivity contribution in [3.05, 3.63) is 0 Å². The van der Waals surface area contributed by atoms with Gasteiger partial charge in [-0.3, -0.25) is 0 Å². The highest BCUT2D eigenvalue weighted by atomic mass is 15.0. The summed E-state index contributed by atoms with van der Waals surface area (Å²) in [4.78, 5) is 0. The lowest BCUT2D eigenvalue weighted by Gasteiger charge is -2.98. The van der Waals surface area contributed by atoms with Gasteiger partial charge in [0.2, 0.25) is 0 Å². The standard InChI is InChI=1S/C11H14.C4H8/c1-2-10-5-7-3-6-4-9(8(1)10)11(6,7)10;1-2-4-3-1/h6-9H,1-5H2;1-4H2. The van der Waals surface area contributed by atoms with Crippen molar-refractivity contribution in [2.75, 3.05) is 0 Å². The smallest absolute Gasteiger partial charge is 0.0150 e. The van der Waals surface area contributed by atoms with Gasteiger partial charge in [-0.15, -0.1) is 0 Å². The normalized spacial score (nSPS) is 68.8. The van der Waals surface area contributed by atoms with Crippen molar-refractivity contribution < 1.29 is 0 Å². The molecule has 0 aromatic heterocycles. The molecule has 0 heteroatoms. The molecule has 0 nitrogen and oxygen atoms in total. The molecule has 6 rings (SSSR count). The molecule has 0 heterocycles. The van der Waals surface area contributed by atoms with E-state index >= 15 is 0 Å². The van der Waals surface area contributed by atoms with Gasteiger partial charge in [0.25, 0.3) is 0 Å². The molecule has 82 valence electrons. The van der Waals surface area contributed by atoms with E-state index in [0.717, 1.165) is 10.8 Å². The molecule has 0 bridgehead atoms. The number of fused-ring (bicyclic) bond motifs is 1. The van der Waals surface area contributed by atoms with E-state index in [9.17, 15) is 0 Å². The lowest BCUT2D eigenvalue weighted by Crippen LogP contribution is -2.92. The van der Waals surface area contributed by atoms with Gasteiger partial charge in [0, 0.05) is 0 Å². The van der Waals surface area contributed by atoms with E-state index < -0.39 is 0 Å². The third kappa shape index (κ3) is 0.560. The molecule has 2 spiro atoms. The number of hydrogen-bond donors (Lipinski definition) is 0. The summed E-state index contributed by atoms with van der Waals surface area (Å²) in [6, 6.07) is 0. The third-order valence-electron chi connectivity index (χ3n) is 7.64. The minimum absolute atomic E-state index is 1.02. The summed E-state index contributed by atoms with van der Waals surface area (Å²) in [5.74, 6) is 5.04.